The summed E-state index contributed by atoms with van der Waals surface area (Å²) in [7, 11) is -2.22. The second kappa shape index (κ2) is 3.94. The molecule has 0 aliphatic heterocycles. The van der Waals surface area contributed by atoms with E-state index >= 15 is 0 Å². The first-order valence-corrected chi connectivity index (χ1v) is 6.12. The summed E-state index contributed by atoms with van der Waals surface area (Å²) in [4.78, 5) is 0. The minimum Gasteiger partial charge on any atom is -0.324 e. The molecule has 1 aliphatic rings. The van der Waals surface area contributed by atoms with E-state index in [2.05, 4.69) is 4.18 Å². The minimum absolute atomic E-state index is 0.0451. The van der Waals surface area contributed by atoms with Gasteiger partial charge in [0.15, 0.2) is 0 Å². The fraction of sp³-hybridized carbons (Fsp3) is 1.00. The monoisotopic (exact) mass is 207 g/mol. The molecule has 1 saturated carbocycles. The Balaban J connectivity index is 2.60. The van der Waals surface area contributed by atoms with Crippen LogP contribution in [0.2, 0.25) is 0 Å². The van der Waals surface area contributed by atoms with Gasteiger partial charge < -0.3 is 5.73 Å². The SMILES string of the molecule is COS(=O)(=O)CC1(N)CCCCC1. The van der Waals surface area contributed by atoms with E-state index in [1.165, 1.54) is 7.11 Å². The molecule has 0 unspecified atom stereocenters. The maximum atomic E-state index is 11.2. The summed E-state index contributed by atoms with van der Waals surface area (Å²) in [6, 6.07) is 0. The zero-order valence-electron chi connectivity index (χ0n) is 7.95. The molecule has 4 nitrogen and oxygen atoms in total. The largest absolute Gasteiger partial charge is 0.324 e. The standard InChI is InChI=1S/C8H17NO3S/c1-12-13(10,11)7-8(9)5-3-2-4-6-8/h2-7,9H2,1H3. The van der Waals surface area contributed by atoms with Gasteiger partial charge in [-0.05, 0) is 12.8 Å². The van der Waals surface area contributed by atoms with Crippen LogP contribution >= 0.6 is 0 Å². The van der Waals surface area contributed by atoms with Crippen molar-refractivity contribution in [2.75, 3.05) is 12.9 Å². The predicted molar refractivity (Wildman–Crippen MR) is 50.8 cm³/mol. The third-order valence-electron chi connectivity index (χ3n) is 2.57. The topological polar surface area (TPSA) is 69.4 Å². The number of hydrogen-bond acceptors (Lipinski definition) is 4. The van der Waals surface area contributed by atoms with Crippen molar-refractivity contribution in [1.82, 2.24) is 0 Å². The maximum Gasteiger partial charge on any atom is 0.268 e. The molecule has 13 heavy (non-hydrogen) atoms. The fourth-order valence-electron chi connectivity index (χ4n) is 1.81. The van der Waals surface area contributed by atoms with Gasteiger partial charge in [0, 0.05) is 5.54 Å². The van der Waals surface area contributed by atoms with Crippen LogP contribution in [-0.2, 0) is 14.3 Å². The highest BCUT2D eigenvalue weighted by Gasteiger charge is 2.32. The number of nitrogens with two attached hydrogens (primary N) is 1. The number of rotatable bonds is 3. The molecule has 0 radical (unpaired) electrons. The second-order valence-electron chi connectivity index (χ2n) is 3.79. The van der Waals surface area contributed by atoms with Crippen molar-refractivity contribution in [3.05, 3.63) is 0 Å². The molecule has 0 heterocycles. The van der Waals surface area contributed by atoms with Crippen molar-refractivity contribution in [2.45, 2.75) is 37.6 Å². The van der Waals surface area contributed by atoms with E-state index in [9.17, 15) is 8.42 Å². The van der Waals surface area contributed by atoms with Gasteiger partial charge in [0.05, 0.1) is 12.9 Å². The molecule has 0 aromatic rings. The highest BCUT2D eigenvalue weighted by molar-refractivity contribution is 7.86. The Morgan fingerprint density at radius 3 is 2.31 bits per heavy atom. The number of hydrogen-bond donors (Lipinski definition) is 1. The van der Waals surface area contributed by atoms with E-state index in [0.29, 0.717) is 0 Å². The van der Waals surface area contributed by atoms with E-state index in [-0.39, 0.29) is 5.75 Å². The molecule has 0 aromatic carbocycles. The molecule has 1 fully saturated rings. The van der Waals surface area contributed by atoms with Crippen molar-refractivity contribution in [3.8, 4) is 0 Å². The van der Waals surface area contributed by atoms with Gasteiger partial charge in [0.2, 0.25) is 0 Å². The summed E-state index contributed by atoms with van der Waals surface area (Å²) in [5.41, 5.74) is 5.41. The molecular weight excluding hydrogens is 190 g/mol. The highest BCUT2D eigenvalue weighted by atomic mass is 32.2. The van der Waals surface area contributed by atoms with E-state index in [1.54, 1.807) is 0 Å². The van der Waals surface area contributed by atoms with E-state index in [4.69, 9.17) is 5.73 Å². The molecule has 0 spiro atoms. The predicted octanol–water partition coefficient (Wildman–Crippen LogP) is 0.624. The summed E-state index contributed by atoms with van der Waals surface area (Å²) >= 11 is 0. The van der Waals surface area contributed by atoms with Crippen LogP contribution < -0.4 is 5.73 Å². The van der Waals surface area contributed by atoms with Crippen molar-refractivity contribution in [1.29, 1.82) is 0 Å². The van der Waals surface area contributed by atoms with Gasteiger partial charge in [-0.1, -0.05) is 19.3 Å². The van der Waals surface area contributed by atoms with Crippen LogP contribution in [0, 0.1) is 0 Å². The second-order valence-corrected chi connectivity index (χ2v) is 5.53. The molecule has 1 rings (SSSR count). The smallest absolute Gasteiger partial charge is 0.268 e. The Morgan fingerprint density at radius 2 is 1.85 bits per heavy atom. The van der Waals surface area contributed by atoms with Crippen LogP contribution in [0.15, 0.2) is 0 Å². The molecule has 0 saturated heterocycles. The average Bonchev–Trinajstić information content (AvgIpc) is 2.04. The Bertz CT molecular complexity index is 255. The Hall–Kier alpha value is -0.130. The van der Waals surface area contributed by atoms with Crippen molar-refractivity contribution in [3.63, 3.8) is 0 Å². The molecule has 78 valence electrons. The maximum absolute atomic E-state index is 11.2. The lowest BCUT2D eigenvalue weighted by Crippen LogP contribution is -2.47. The fourth-order valence-corrected chi connectivity index (χ4v) is 2.92. The third kappa shape index (κ3) is 3.25. The molecule has 1 aliphatic carbocycles. The van der Waals surface area contributed by atoms with Gasteiger partial charge in [-0.25, -0.2) is 0 Å². The lowest BCUT2D eigenvalue weighted by Gasteiger charge is -2.32. The van der Waals surface area contributed by atoms with Crippen LogP contribution in [0.25, 0.3) is 0 Å². The third-order valence-corrected chi connectivity index (χ3v) is 4.00. The first-order chi connectivity index (χ1) is 5.97. The average molecular weight is 207 g/mol. The van der Waals surface area contributed by atoms with Crippen LogP contribution in [-0.4, -0.2) is 26.8 Å². The summed E-state index contributed by atoms with van der Waals surface area (Å²) in [6.45, 7) is 0. The Morgan fingerprint density at radius 1 is 1.31 bits per heavy atom. The first-order valence-electron chi connectivity index (χ1n) is 4.55. The molecule has 0 amide bonds. The molecule has 5 heteroatoms. The summed E-state index contributed by atoms with van der Waals surface area (Å²) in [5.74, 6) is -0.0451. The van der Waals surface area contributed by atoms with E-state index < -0.39 is 15.7 Å². The van der Waals surface area contributed by atoms with Crippen molar-refractivity contribution < 1.29 is 12.6 Å². The van der Waals surface area contributed by atoms with Gasteiger partial charge in [-0.2, -0.15) is 8.42 Å². The zero-order chi connectivity index (χ0) is 9.95. The zero-order valence-corrected chi connectivity index (χ0v) is 8.77. The van der Waals surface area contributed by atoms with Crippen molar-refractivity contribution >= 4 is 10.1 Å². The molecule has 2 N–H and O–H groups in total. The summed E-state index contributed by atoms with van der Waals surface area (Å²) in [6.07, 6.45) is 4.78. The van der Waals surface area contributed by atoms with Crippen LogP contribution in [0.3, 0.4) is 0 Å². The summed E-state index contributed by atoms with van der Waals surface area (Å²) in [5, 5.41) is 0. The van der Waals surface area contributed by atoms with Gasteiger partial charge in [0.1, 0.15) is 0 Å². The lowest BCUT2D eigenvalue weighted by atomic mass is 9.84. The van der Waals surface area contributed by atoms with Crippen LogP contribution in [0.1, 0.15) is 32.1 Å². The van der Waals surface area contributed by atoms with Gasteiger partial charge >= 0.3 is 0 Å². The first kappa shape index (κ1) is 10.9. The van der Waals surface area contributed by atoms with Gasteiger partial charge in [0.25, 0.3) is 10.1 Å². The Kier molecular flexibility index (Phi) is 3.32. The van der Waals surface area contributed by atoms with Crippen LogP contribution in [0.4, 0.5) is 0 Å². The van der Waals surface area contributed by atoms with Crippen molar-refractivity contribution in [2.24, 2.45) is 5.73 Å². The minimum atomic E-state index is -3.40. The molecular formula is C8H17NO3S. The Labute approximate surface area is 79.6 Å². The van der Waals surface area contributed by atoms with Gasteiger partial charge in [-0.3, -0.25) is 4.18 Å². The van der Waals surface area contributed by atoms with E-state index in [0.717, 1.165) is 32.1 Å². The molecule has 0 aromatic heterocycles. The summed E-state index contributed by atoms with van der Waals surface area (Å²) < 4.78 is 26.7. The highest BCUT2D eigenvalue weighted by Crippen LogP contribution is 2.27. The lowest BCUT2D eigenvalue weighted by molar-refractivity contribution is 0.309. The normalized spacial score (nSPS) is 22.9. The quantitative estimate of drug-likeness (QED) is 0.689. The van der Waals surface area contributed by atoms with Gasteiger partial charge in [-0.15, -0.1) is 0 Å². The van der Waals surface area contributed by atoms with Crippen LogP contribution in [0.5, 0.6) is 0 Å². The van der Waals surface area contributed by atoms with E-state index in [1.807, 2.05) is 0 Å². The molecule has 0 atom stereocenters. The molecule has 0 bridgehead atoms.